The van der Waals surface area contributed by atoms with Crippen molar-refractivity contribution in [1.29, 1.82) is 0 Å². The first-order chi connectivity index (χ1) is 8.35. The molecule has 2 fully saturated rings. The van der Waals surface area contributed by atoms with Crippen molar-refractivity contribution in [2.24, 2.45) is 11.3 Å². The van der Waals surface area contributed by atoms with Gasteiger partial charge >= 0.3 is 0 Å². The zero-order valence-electron chi connectivity index (χ0n) is 12.2. The average Bonchev–Trinajstić information content (AvgIpc) is 2.34. The molecule has 4 unspecified atom stereocenters. The average molecular weight is 254 g/mol. The fourth-order valence-electron chi connectivity index (χ4n) is 3.59. The van der Waals surface area contributed by atoms with Crippen LogP contribution in [0.4, 0.5) is 0 Å². The Morgan fingerprint density at radius 3 is 2.72 bits per heavy atom. The van der Waals surface area contributed by atoms with Gasteiger partial charge in [-0.05, 0) is 19.8 Å². The van der Waals surface area contributed by atoms with Crippen LogP contribution in [0.3, 0.4) is 0 Å². The molecule has 4 nitrogen and oxygen atoms in total. The zero-order valence-corrected chi connectivity index (χ0v) is 12.2. The van der Waals surface area contributed by atoms with Gasteiger partial charge in [0.1, 0.15) is 0 Å². The summed E-state index contributed by atoms with van der Waals surface area (Å²) in [6.07, 6.45) is 2.73. The minimum absolute atomic E-state index is 0.118. The van der Waals surface area contributed by atoms with Crippen LogP contribution >= 0.6 is 0 Å². The minimum atomic E-state index is -0.118. The van der Waals surface area contributed by atoms with E-state index in [0.717, 1.165) is 13.0 Å². The number of nitrogens with zero attached hydrogens (tertiary/aromatic N) is 1. The number of nitrogens with one attached hydrogen (secondary N) is 1. The Morgan fingerprint density at radius 1 is 1.44 bits per heavy atom. The highest BCUT2D eigenvalue weighted by Gasteiger charge is 2.58. The molecule has 0 aromatic rings. The third kappa shape index (κ3) is 2.16. The second-order valence-electron chi connectivity index (χ2n) is 6.52. The molecular formula is C14H26N2O2. The van der Waals surface area contributed by atoms with Crippen LogP contribution < -0.4 is 5.32 Å². The van der Waals surface area contributed by atoms with Gasteiger partial charge < -0.3 is 15.0 Å². The fraction of sp³-hybridized carbons (Fsp3) is 0.929. The maximum atomic E-state index is 11.9. The molecule has 104 valence electrons. The van der Waals surface area contributed by atoms with Gasteiger partial charge in [0.15, 0.2) is 0 Å². The predicted octanol–water partition coefficient (Wildman–Crippen LogP) is 1.26. The van der Waals surface area contributed by atoms with Gasteiger partial charge in [0.2, 0.25) is 5.91 Å². The Kier molecular flexibility index (Phi) is 3.70. The molecule has 1 aliphatic carbocycles. The van der Waals surface area contributed by atoms with E-state index in [2.05, 4.69) is 19.2 Å². The first kappa shape index (κ1) is 13.8. The number of rotatable bonds is 3. The van der Waals surface area contributed by atoms with Crippen molar-refractivity contribution in [2.75, 3.05) is 20.7 Å². The molecule has 4 atom stereocenters. The lowest BCUT2D eigenvalue weighted by molar-refractivity contribution is -0.194. The molecule has 0 aromatic carbocycles. The largest absolute Gasteiger partial charge is 0.377 e. The van der Waals surface area contributed by atoms with Crippen molar-refractivity contribution < 1.29 is 9.53 Å². The van der Waals surface area contributed by atoms with Gasteiger partial charge in [0.05, 0.1) is 12.1 Å². The van der Waals surface area contributed by atoms with Crippen LogP contribution in [0.15, 0.2) is 0 Å². The summed E-state index contributed by atoms with van der Waals surface area (Å²) in [7, 11) is 3.61. The van der Waals surface area contributed by atoms with Crippen molar-refractivity contribution >= 4 is 5.91 Å². The highest BCUT2D eigenvalue weighted by molar-refractivity contribution is 5.81. The van der Waals surface area contributed by atoms with Crippen molar-refractivity contribution in [2.45, 2.75) is 51.8 Å². The van der Waals surface area contributed by atoms with Gasteiger partial charge in [-0.15, -0.1) is 0 Å². The van der Waals surface area contributed by atoms with Crippen molar-refractivity contribution in [3.63, 3.8) is 0 Å². The Bertz CT molecular complexity index is 328. The van der Waals surface area contributed by atoms with Crippen LogP contribution in [0.1, 0.15) is 33.6 Å². The topological polar surface area (TPSA) is 41.6 Å². The molecule has 0 radical (unpaired) electrons. The molecule has 1 heterocycles. The maximum Gasteiger partial charge on any atom is 0.238 e. The normalized spacial score (nSPS) is 35.3. The summed E-state index contributed by atoms with van der Waals surface area (Å²) in [5.74, 6) is 0.720. The zero-order chi connectivity index (χ0) is 13.5. The number of likely N-dealkylation sites (N-methyl/N-ethyl adjacent to an activating group) is 1. The third-order valence-electron chi connectivity index (χ3n) is 4.57. The molecule has 4 heteroatoms. The number of hydrogen-bond donors (Lipinski definition) is 1. The fourth-order valence-corrected chi connectivity index (χ4v) is 3.59. The van der Waals surface area contributed by atoms with Crippen molar-refractivity contribution in [3.8, 4) is 0 Å². The highest BCUT2D eigenvalue weighted by Crippen LogP contribution is 2.51. The van der Waals surface area contributed by atoms with Gasteiger partial charge in [0, 0.05) is 38.1 Å². The first-order valence-electron chi connectivity index (χ1n) is 6.94. The van der Waals surface area contributed by atoms with E-state index in [1.54, 1.807) is 19.0 Å². The number of amides is 1. The van der Waals surface area contributed by atoms with E-state index in [1.807, 2.05) is 6.92 Å². The van der Waals surface area contributed by atoms with E-state index in [4.69, 9.17) is 4.74 Å². The number of hydrogen-bond acceptors (Lipinski definition) is 3. The second kappa shape index (κ2) is 4.82. The molecule has 0 bridgehead atoms. The van der Waals surface area contributed by atoms with Crippen LogP contribution in [-0.2, 0) is 9.53 Å². The Labute approximate surface area is 110 Å². The van der Waals surface area contributed by atoms with Crippen LogP contribution in [0, 0.1) is 11.3 Å². The van der Waals surface area contributed by atoms with E-state index in [9.17, 15) is 4.79 Å². The molecule has 1 aliphatic heterocycles. The minimum Gasteiger partial charge on any atom is -0.377 e. The molecule has 0 spiro atoms. The SMILES string of the molecule is CC(NC1C2CCCOC2C1(C)C)C(=O)N(C)C. The summed E-state index contributed by atoms with van der Waals surface area (Å²) >= 11 is 0. The molecule has 0 aromatic heterocycles. The Morgan fingerprint density at radius 2 is 2.11 bits per heavy atom. The van der Waals surface area contributed by atoms with Crippen molar-refractivity contribution in [1.82, 2.24) is 10.2 Å². The summed E-state index contributed by atoms with van der Waals surface area (Å²) in [6, 6.07) is 0.272. The van der Waals surface area contributed by atoms with Crippen LogP contribution in [-0.4, -0.2) is 49.7 Å². The third-order valence-corrected chi connectivity index (χ3v) is 4.57. The molecule has 2 rings (SSSR count). The molecule has 1 N–H and O–H groups in total. The lowest BCUT2D eigenvalue weighted by Crippen LogP contribution is -2.71. The van der Waals surface area contributed by atoms with Gasteiger partial charge in [0.25, 0.3) is 0 Å². The smallest absolute Gasteiger partial charge is 0.238 e. The Balaban J connectivity index is 1.99. The molecule has 1 saturated carbocycles. The summed E-state index contributed by atoms with van der Waals surface area (Å²) in [5, 5.41) is 3.52. The summed E-state index contributed by atoms with van der Waals surface area (Å²) in [4.78, 5) is 13.6. The van der Waals surface area contributed by atoms with Crippen LogP contribution in [0.5, 0.6) is 0 Å². The standard InChI is InChI=1S/C14H26N2O2/c1-9(13(17)16(4)5)15-11-10-7-6-8-18-12(10)14(11,2)3/h9-12,15H,6-8H2,1-5H3. The number of carbonyl (C=O) groups excluding carboxylic acids is 1. The monoisotopic (exact) mass is 254 g/mol. The molecule has 1 saturated heterocycles. The van der Waals surface area contributed by atoms with Crippen molar-refractivity contribution in [3.05, 3.63) is 0 Å². The lowest BCUT2D eigenvalue weighted by atomic mass is 9.55. The van der Waals surface area contributed by atoms with E-state index in [1.165, 1.54) is 6.42 Å². The molecular weight excluding hydrogens is 228 g/mol. The van der Waals surface area contributed by atoms with Gasteiger partial charge in [-0.1, -0.05) is 13.8 Å². The Hall–Kier alpha value is -0.610. The maximum absolute atomic E-state index is 11.9. The molecule has 2 aliphatic rings. The predicted molar refractivity (Wildman–Crippen MR) is 71.3 cm³/mol. The number of carbonyl (C=O) groups is 1. The van der Waals surface area contributed by atoms with Gasteiger partial charge in [-0.2, -0.15) is 0 Å². The van der Waals surface area contributed by atoms with E-state index < -0.39 is 0 Å². The highest BCUT2D eigenvalue weighted by atomic mass is 16.5. The van der Waals surface area contributed by atoms with Crippen LogP contribution in [0.2, 0.25) is 0 Å². The molecule has 1 amide bonds. The molecule has 18 heavy (non-hydrogen) atoms. The van der Waals surface area contributed by atoms with Gasteiger partial charge in [-0.25, -0.2) is 0 Å². The number of ether oxygens (including phenoxy) is 1. The first-order valence-corrected chi connectivity index (χ1v) is 6.94. The summed E-state index contributed by atoms with van der Waals surface area (Å²) in [6.45, 7) is 7.33. The second-order valence-corrected chi connectivity index (χ2v) is 6.52. The number of fused-ring (bicyclic) bond motifs is 1. The van der Waals surface area contributed by atoms with Gasteiger partial charge in [-0.3, -0.25) is 4.79 Å². The quantitative estimate of drug-likeness (QED) is 0.824. The lowest BCUT2D eigenvalue weighted by Gasteiger charge is -2.60. The van der Waals surface area contributed by atoms with Crippen LogP contribution in [0.25, 0.3) is 0 Å². The summed E-state index contributed by atoms with van der Waals surface area (Å²) < 4.78 is 5.88. The van der Waals surface area contributed by atoms with E-state index >= 15 is 0 Å². The van der Waals surface area contributed by atoms with E-state index in [0.29, 0.717) is 18.1 Å². The van der Waals surface area contributed by atoms with E-state index in [-0.39, 0.29) is 17.4 Å². The summed E-state index contributed by atoms with van der Waals surface area (Å²) in [5.41, 5.74) is 0.131.